The summed E-state index contributed by atoms with van der Waals surface area (Å²) in [6.07, 6.45) is 0.541. The van der Waals surface area contributed by atoms with Gasteiger partial charge in [0, 0.05) is 30.8 Å². The normalized spacial score (nSPS) is 17.5. The fourth-order valence-electron chi connectivity index (χ4n) is 2.77. The summed E-state index contributed by atoms with van der Waals surface area (Å²) in [6, 6.07) is 4.92. The number of nitrogens with zero attached hydrogens (tertiary/aromatic N) is 4. The predicted molar refractivity (Wildman–Crippen MR) is 90.9 cm³/mol. The minimum absolute atomic E-state index is 0.0306. The Labute approximate surface area is 145 Å². The lowest BCUT2D eigenvalue weighted by Crippen LogP contribution is -2.38. The number of rotatable bonds is 6. The Bertz CT molecular complexity index is 748. The van der Waals surface area contributed by atoms with Crippen LogP contribution in [-0.4, -0.2) is 46.4 Å². The van der Waals surface area contributed by atoms with E-state index in [2.05, 4.69) is 20.1 Å². The molecule has 1 atom stereocenters. The van der Waals surface area contributed by atoms with Crippen LogP contribution in [-0.2, 0) is 11.2 Å². The van der Waals surface area contributed by atoms with Crippen molar-refractivity contribution < 1.29 is 14.4 Å². The van der Waals surface area contributed by atoms with Crippen molar-refractivity contribution in [3.8, 4) is 5.75 Å². The molecular weight excluding hydrogens is 326 g/mol. The Kier molecular flexibility index (Phi) is 5.13. The number of aryl methyl sites for hydroxylation is 1. The van der Waals surface area contributed by atoms with Gasteiger partial charge in [0.25, 0.3) is 0 Å². The van der Waals surface area contributed by atoms with Crippen molar-refractivity contribution in [1.82, 2.24) is 15.2 Å². The maximum atomic E-state index is 11.1. The van der Waals surface area contributed by atoms with Gasteiger partial charge in [-0.1, -0.05) is 6.92 Å². The average molecular weight is 347 g/mol. The van der Waals surface area contributed by atoms with Gasteiger partial charge in [-0.2, -0.15) is 5.10 Å². The fraction of sp³-hybridized carbons (Fsp3) is 0.500. The van der Waals surface area contributed by atoms with E-state index < -0.39 is 4.92 Å². The number of hydrogen-bond donors (Lipinski definition) is 1. The van der Waals surface area contributed by atoms with Crippen LogP contribution in [0.2, 0.25) is 0 Å². The second kappa shape index (κ2) is 7.47. The Morgan fingerprint density at radius 1 is 1.48 bits per heavy atom. The van der Waals surface area contributed by atoms with E-state index in [-0.39, 0.29) is 17.5 Å². The van der Waals surface area contributed by atoms with Crippen LogP contribution < -0.4 is 9.64 Å². The molecule has 1 aromatic carbocycles. The van der Waals surface area contributed by atoms with Crippen LogP contribution >= 0.6 is 0 Å². The van der Waals surface area contributed by atoms with Crippen molar-refractivity contribution in [2.24, 2.45) is 0 Å². The first-order valence-electron chi connectivity index (χ1n) is 8.31. The van der Waals surface area contributed by atoms with Crippen molar-refractivity contribution in [2.75, 3.05) is 31.2 Å². The highest BCUT2D eigenvalue weighted by Gasteiger charge is 2.27. The molecule has 2 aromatic rings. The highest BCUT2D eigenvalue weighted by Crippen LogP contribution is 2.33. The maximum absolute atomic E-state index is 11.1. The van der Waals surface area contributed by atoms with Gasteiger partial charge in [0.1, 0.15) is 11.9 Å². The molecule has 0 radical (unpaired) electrons. The molecule has 0 amide bonds. The molecule has 9 heteroatoms. The SMILES string of the molecule is CCOc1cc(N2CCOC(c3n[nH]c(CC)n3)C2)ccc1[N+](=O)[O-]. The van der Waals surface area contributed by atoms with Crippen LogP contribution in [0.1, 0.15) is 31.6 Å². The third kappa shape index (κ3) is 3.71. The molecule has 1 fully saturated rings. The van der Waals surface area contributed by atoms with Crippen molar-refractivity contribution in [3.63, 3.8) is 0 Å². The van der Waals surface area contributed by atoms with E-state index >= 15 is 0 Å². The molecule has 0 spiro atoms. The zero-order chi connectivity index (χ0) is 17.8. The first-order chi connectivity index (χ1) is 12.1. The zero-order valence-corrected chi connectivity index (χ0v) is 14.3. The molecule has 9 nitrogen and oxygen atoms in total. The molecule has 1 unspecified atom stereocenters. The van der Waals surface area contributed by atoms with Gasteiger partial charge in [-0.15, -0.1) is 0 Å². The summed E-state index contributed by atoms with van der Waals surface area (Å²) in [5.74, 6) is 1.73. The highest BCUT2D eigenvalue weighted by molar-refractivity contribution is 5.59. The van der Waals surface area contributed by atoms with E-state index in [4.69, 9.17) is 9.47 Å². The number of benzene rings is 1. The molecule has 0 saturated carbocycles. The fourth-order valence-corrected chi connectivity index (χ4v) is 2.77. The number of aromatic amines is 1. The number of aromatic nitrogens is 3. The molecule has 25 heavy (non-hydrogen) atoms. The molecular formula is C16H21N5O4. The minimum atomic E-state index is -0.434. The molecule has 1 saturated heterocycles. The number of nitro benzene ring substituents is 1. The van der Waals surface area contributed by atoms with Crippen LogP contribution in [0.3, 0.4) is 0 Å². The second-order valence-electron chi connectivity index (χ2n) is 5.64. The molecule has 2 heterocycles. The summed E-state index contributed by atoms with van der Waals surface area (Å²) < 4.78 is 11.2. The van der Waals surface area contributed by atoms with E-state index in [0.717, 1.165) is 17.9 Å². The molecule has 1 aromatic heterocycles. The number of hydrogen-bond acceptors (Lipinski definition) is 7. The van der Waals surface area contributed by atoms with Gasteiger partial charge in [-0.25, -0.2) is 4.98 Å². The average Bonchev–Trinajstić information content (AvgIpc) is 3.11. The quantitative estimate of drug-likeness (QED) is 0.631. The Morgan fingerprint density at radius 2 is 2.32 bits per heavy atom. The van der Waals surface area contributed by atoms with Crippen molar-refractivity contribution in [2.45, 2.75) is 26.4 Å². The van der Waals surface area contributed by atoms with Crippen LogP contribution in [0.15, 0.2) is 18.2 Å². The predicted octanol–water partition coefficient (Wildman–Crippen LogP) is 2.25. The summed E-state index contributed by atoms with van der Waals surface area (Å²) in [4.78, 5) is 17.2. The minimum Gasteiger partial charge on any atom is -0.487 e. The lowest BCUT2D eigenvalue weighted by molar-refractivity contribution is -0.385. The Balaban J connectivity index is 1.81. The smallest absolute Gasteiger partial charge is 0.311 e. The van der Waals surface area contributed by atoms with Gasteiger partial charge < -0.3 is 14.4 Å². The molecule has 3 rings (SSSR count). The molecule has 1 aliphatic rings. The van der Waals surface area contributed by atoms with Crippen LogP contribution in [0.5, 0.6) is 5.75 Å². The van der Waals surface area contributed by atoms with Gasteiger partial charge in [-0.3, -0.25) is 15.2 Å². The first kappa shape index (κ1) is 17.2. The first-order valence-corrected chi connectivity index (χ1v) is 8.31. The Morgan fingerprint density at radius 3 is 3.00 bits per heavy atom. The summed E-state index contributed by atoms with van der Waals surface area (Å²) >= 11 is 0. The summed E-state index contributed by atoms with van der Waals surface area (Å²) in [6.45, 7) is 5.96. The van der Waals surface area contributed by atoms with E-state index in [0.29, 0.717) is 32.1 Å². The van der Waals surface area contributed by atoms with Crippen LogP contribution in [0.25, 0.3) is 0 Å². The molecule has 1 N–H and O–H groups in total. The highest BCUT2D eigenvalue weighted by atomic mass is 16.6. The maximum Gasteiger partial charge on any atom is 0.311 e. The second-order valence-corrected chi connectivity index (χ2v) is 5.64. The van der Waals surface area contributed by atoms with Gasteiger partial charge in [0.15, 0.2) is 11.6 Å². The van der Waals surface area contributed by atoms with Crippen molar-refractivity contribution in [3.05, 3.63) is 40.0 Å². The number of morpholine rings is 1. The number of nitrogens with one attached hydrogen (secondary N) is 1. The third-order valence-electron chi connectivity index (χ3n) is 4.04. The van der Waals surface area contributed by atoms with Crippen LogP contribution in [0, 0.1) is 10.1 Å². The van der Waals surface area contributed by atoms with Gasteiger partial charge in [0.2, 0.25) is 0 Å². The van der Waals surface area contributed by atoms with E-state index in [1.807, 2.05) is 6.92 Å². The number of nitro groups is 1. The lowest BCUT2D eigenvalue weighted by atomic mass is 10.2. The summed E-state index contributed by atoms with van der Waals surface area (Å²) in [5, 5.41) is 18.2. The lowest BCUT2D eigenvalue weighted by Gasteiger charge is -2.33. The van der Waals surface area contributed by atoms with Crippen molar-refractivity contribution >= 4 is 11.4 Å². The molecule has 134 valence electrons. The third-order valence-corrected chi connectivity index (χ3v) is 4.04. The van der Waals surface area contributed by atoms with E-state index in [1.165, 1.54) is 6.07 Å². The topological polar surface area (TPSA) is 106 Å². The zero-order valence-electron chi connectivity index (χ0n) is 14.3. The molecule has 0 aliphatic carbocycles. The van der Waals surface area contributed by atoms with Crippen molar-refractivity contribution in [1.29, 1.82) is 0 Å². The molecule has 1 aliphatic heterocycles. The summed E-state index contributed by atoms with van der Waals surface area (Å²) in [7, 11) is 0. The Hall–Kier alpha value is -2.68. The van der Waals surface area contributed by atoms with E-state index in [1.54, 1.807) is 19.1 Å². The standard InChI is InChI=1S/C16H21N5O4/c1-3-15-17-16(19-18-15)14-10-20(7-8-25-14)11-5-6-12(21(22)23)13(9-11)24-4-2/h5-6,9,14H,3-4,7-8,10H2,1-2H3,(H,17,18,19). The number of H-pyrrole nitrogens is 1. The number of ether oxygens (including phenoxy) is 2. The number of anilines is 1. The van der Waals surface area contributed by atoms with Gasteiger partial charge >= 0.3 is 5.69 Å². The summed E-state index contributed by atoms with van der Waals surface area (Å²) in [5.41, 5.74) is 0.825. The van der Waals surface area contributed by atoms with Gasteiger partial charge in [0.05, 0.1) is 24.7 Å². The van der Waals surface area contributed by atoms with Crippen LogP contribution in [0.4, 0.5) is 11.4 Å². The largest absolute Gasteiger partial charge is 0.487 e. The molecule has 0 bridgehead atoms. The monoisotopic (exact) mass is 347 g/mol. The van der Waals surface area contributed by atoms with Gasteiger partial charge in [-0.05, 0) is 13.0 Å². The van der Waals surface area contributed by atoms with E-state index in [9.17, 15) is 10.1 Å².